The lowest BCUT2D eigenvalue weighted by Crippen LogP contribution is -2.42. The van der Waals surface area contributed by atoms with Gasteiger partial charge in [0.05, 0.1) is 4.90 Å². The number of aromatic amines is 1. The molecular formula is C19H25N3O4S. The van der Waals surface area contributed by atoms with Gasteiger partial charge in [-0.2, -0.15) is 0 Å². The van der Waals surface area contributed by atoms with Crippen molar-refractivity contribution in [3.63, 3.8) is 0 Å². The third-order valence-corrected chi connectivity index (χ3v) is 6.57. The maximum atomic E-state index is 12.5. The van der Waals surface area contributed by atoms with E-state index in [-0.39, 0.29) is 35.4 Å². The number of nitrogens with one attached hydrogen (secondary N) is 3. The Kier molecular flexibility index (Phi) is 5.96. The average Bonchev–Trinajstić information content (AvgIpc) is 2.63. The van der Waals surface area contributed by atoms with Gasteiger partial charge in [0.15, 0.2) is 0 Å². The van der Waals surface area contributed by atoms with Crippen molar-refractivity contribution in [3.05, 3.63) is 40.7 Å². The number of hydrogen-bond acceptors (Lipinski definition) is 4. The Morgan fingerprint density at radius 2 is 1.96 bits per heavy atom. The number of H-pyrrole nitrogens is 1. The van der Waals surface area contributed by atoms with Crippen LogP contribution in [0.1, 0.15) is 39.0 Å². The molecule has 0 saturated heterocycles. The van der Waals surface area contributed by atoms with Crippen LogP contribution in [0, 0.1) is 5.92 Å². The van der Waals surface area contributed by atoms with Gasteiger partial charge in [-0.05, 0) is 48.4 Å². The van der Waals surface area contributed by atoms with Gasteiger partial charge in [0.1, 0.15) is 0 Å². The van der Waals surface area contributed by atoms with Gasteiger partial charge < -0.3 is 10.3 Å². The van der Waals surface area contributed by atoms with Gasteiger partial charge in [0.2, 0.25) is 21.5 Å². The minimum Gasteiger partial charge on any atom is -0.353 e. The molecule has 0 bridgehead atoms. The highest BCUT2D eigenvalue weighted by Crippen LogP contribution is 2.23. The zero-order chi connectivity index (χ0) is 19.4. The number of benzene rings is 1. The van der Waals surface area contributed by atoms with Crippen LogP contribution in [0.15, 0.2) is 40.0 Å². The number of aromatic nitrogens is 1. The van der Waals surface area contributed by atoms with E-state index >= 15 is 0 Å². The van der Waals surface area contributed by atoms with E-state index in [1.165, 1.54) is 24.6 Å². The van der Waals surface area contributed by atoms with E-state index in [4.69, 9.17) is 0 Å². The first-order valence-electron chi connectivity index (χ1n) is 9.27. The van der Waals surface area contributed by atoms with Crippen LogP contribution in [0.25, 0.3) is 10.9 Å². The summed E-state index contributed by atoms with van der Waals surface area (Å²) in [5.74, 6) is 0.330. The SMILES string of the molecule is C[C@H]1CCCC[C@@H]1NC(=O)CCNS(=O)(=O)c1ccc2[nH]c(=O)ccc2c1. The molecule has 1 aromatic heterocycles. The van der Waals surface area contributed by atoms with Gasteiger partial charge in [-0.25, -0.2) is 13.1 Å². The smallest absolute Gasteiger partial charge is 0.248 e. The fourth-order valence-electron chi connectivity index (χ4n) is 3.49. The highest BCUT2D eigenvalue weighted by molar-refractivity contribution is 7.89. The first-order valence-corrected chi connectivity index (χ1v) is 10.8. The van der Waals surface area contributed by atoms with Crippen molar-refractivity contribution in [1.82, 2.24) is 15.0 Å². The Morgan fingerprint density at radius 3 is 2.74 bits per heavy atom. The van der Waals surface area contributed by atoms with Crippen LogP contribution in [0.5, 0.6) is 0 Å². The van der Waals surface area contributed by atoms with Crippen molar-refractivity contribution >= 4 is 26.8 Å². The fourth-order valence-corrected chi connectivity index (χ4v) is 4.56. The molecule has 8 heteroatoms. The monoisotopic (exact) mass is 391 g/mol. The van der Waals surface area contributed by atoms with Crippen molar-refractivity contribution in [3.8, 4) is 0 Å². The molecule has 2 aromatic rings. The molecule has 1 aliphatic rings. The van der Waals surface area contributed by atoms with Crippen molar-refractivity contribution < 1.29 is 13.2 Å². The standard InChI is InChI=1S/C19H25N3O4S/c1-13-4-2-3-5-16(13)21-19(24)10-11-20-27(25,26)15-7-8-17-14(12-15)6-9-18(23)22-17/h6-9,12-13,16,20H,2-5,10-11H2,1H3,(H,21,24)(H,22,23)/t13-,16-/m0/s1. The van der Waals surface area contributed by atoms with Gasteiger partial charge in [0.25, 0.3) is 0 Å². The second-order valence-electron chi connectivity index (χ2n) is 7.16. The highest BCUT2D eigenvalue weighted by Gasteiger charge is 2.23. The maximum absolute atomic E-state index is 12.5. The first-order chi connectivity index (χ1) is 12.8. The summed E-state index contributed by atoms with van der Waals surface area (Å²) < 4.78 is 27.4. The van der Waals surface area contributed by atoms with Crippen molar-refractivity contribution in [2.45, 2.75) is 50.0 Å². The van der Waals surface area contributed by atoms with Crippen LogP contribution in [0.2, 0.25) is 0 Å². The Labute approximate surface area is 158 Å². The molecule has 3 rings (SSSR count). The third kappa shape index (κ3) is 4.95. The molecule has 27 heavy (non-hydrogen) atoms. The average molecular weight is 391 g/mol. The molecule has 0 aliphatic heterocycles. The van der Waals surface area contributed by atoms with E-state index in [0.29, 0.717) is 16.8 Å². The number of pyridine rings is 1. The van der Waals surface area contributed by atoms with E-state index in [1.807, 2.05) is 0 Å². The quantitative estimate of drug-likeness (QED) is 0.699. The summed E-state index contributed by atoms with van der Waals surface area (Å²) in [6, 6.07) is 7.60. The normalized spacial score (nSPS) is 20.5. The number of amides is 1. The van der Waals surface area contributed by atoms with Crippen LogP contribution < -0.4 is 15.6 Å². The molecular weight excluding hydrogens is 366 g/mol. The topological polar surface area (TPSA) is 108 Å². The number of carbonyl (C=O) groups excluding carboxylic acids is 1. The number of sulfonamides is 1. The van der Waals surface area contributed by atoms with Crippen LogP contribution >= 0.6 is 0 Å². The highest BCUT2D eigenvalue weighted by atomic mass is 32.2. The molecule has 3 N–H and O–H groups in total. The number of carbonyl (C=O) groups is 1. The zero-order valence-corrected chi connectivity index (χ0v) is 16.1. The molecule has 1 aliphatic carbocycles. The van der Waals surface area contributed by atoms with Gasteiger partial charge in [-0.15, -0.1) is 0 Å². The van der Waals surface area contributed by atoms with E-state index in [9.17, 15) is 18.0 Å². The molecule has 1 amide bonds. The molecule has 1 aromatic carbocycles. The van der Waals surface area contributed by atoms with Crippen LogP contribution in [0.4, 0.5) is 0 Å². The molecule has 0 spiro atoms. The molecule has 0 radical (unpaired) electrons. The van der Waals surface area contributed by atoms with Crippen LogP contribution in [0.3, 0.4) is 0 Å². The molecule has 2 atom stereocenters. The van der Waals surface area contributed by atoms with E-state index in [2.05, 4.69) is 21.9 Å². The van der Waals surface area contributed by atoms with Crippen LogP contribution in [-0.4, -0.2) is 31.9 Å². The Bertz CT molecular complexity index is 984. The van der Waals surface area contributed by atoms with Crippen molar-refractivity contribution in [2.24, 2.45) is 5.92 Å². The minimum absolute atomic E-state index is 0.0406. The third-order valence-electron chi connectivity index (χ3n) is 5.11. The summed E-state index contributed by atoms with van der Waals surface area (Å²) in [4.78, 5) is 26.2. The van der Waals surface area contributed by atoms with Gasteiger partial charge in [-0.1, -0.05) is 19.8 Å². The van der Waals surface area contributed by atoms with Gasteiger partial charge >= 0.3 is 0 Å². The lowest BCUT2D eigenvalue weighted by Gasteiger charge is -2.29. The molecule has 7 nitrogen and oxygen atoms in total. The Morgan fingerprint density at radius 1 is 1.19 bits per heavy atom. The van der Waals surface area contributed by atoms with Crippen molar-refractivity contribution in [1.29, 1.82) is 0 Å². The predicted octanol–water partition coefficient (Wildman–Crippen LogP) is 1.89. The summed E-state index contributed by atoms with van der Waals surface area (Å²) in [6.45, 7) is 2.18. The van der Waals surface area contributed by atoms with E-state index in [0.717, 1.165) is 19.3 Å². The minimum atomic E-state index is -3.72. The van der Waals surface area contributed by atoms with Crippen LogP contribution in [-0.2, 0) is 14.8 Å². The fraction of sp³-hybridized carbons (Fsp3) is 0.474. The largest absolute Gasteiger partial charge is 0.353 e. The summed E-state index contributed by atoms with van der Waals surface area (Å²) in [6.07, 6.45) is 4.52. The second kappa shape index (κ2) is 8.22. The summed E-state index contributed by atoms with van der Waals surface area (Å²) in [5, 5.41) is 3.64. The number of fused-ring (bicyclic) bond motifs is 1. The van der Waals surface area contributed by atoms with Gasteiger partial charge in [-0.3, -0.25) is 9.59 Å². The summed E-state index contributed by atoms with van der Waals surface area (Å²) >= 11 is 0. The Balaban J connectivity index is 1.57. The first kappa shape index (κ1) is 19.6. The molecule has 146 valence electrons. The van der Waals surface area contributed by atoms with E-state index in [1.54, 1.807) is 12.1 Å². The molecule has 0 unspecified atom stereocenters. The van der Waals surface area contributed by atoms with Crippen molar-refractivity contribution in [2.75, 3.05) is 6.54 Å². The zero-order valence-electron chi connectivity index (χ0n) is 15.3. The Hall–Kier alpha value is -2.19. The lowest BCUT2D eigenvalue weighted by molar-refractivity contribution is -0.122. The summed E-state index contributed by atoms with van der Waals surface area (Å²) in [7, 11) is -3.72. The lowest BCUT2D eigenvalue weighted by atomic mass is 9.86. The van der Waals surface area contributed by atoms with E-state index < -0.39 is 10.0 Å². The number of rotatable bonds is 6. The molecule has 1 saturated carbocycles. The number of hydrogen-bond donors (Lipinski definition) is 3. The molecule has 1 fully saturated rings. The predicted molar refractivity (Wildman–Crippen MR) is 104 cm³/mol. The van der Waals surface area contributed by atoms with Gasteiger partial charge in [0, 0.05) is 30.6 Å². The second-order valence-corrected chi connectivity index (χ2v) is 8.92. The summed E-state index contributed by atoms with van der Waals surface area (Å²) in [5.41, 5.74) is 0.331. The maximum Gasteiger partial charge on any atom is 0.248 e. The molecule has 1 heterocycles.